The van der Waals surface area contributed by atoms with Crippen molar-refractivity contribution in [1.29, 1.82) is 0 Å². The number of anilines is 3. The van der Waals surface area contributed by atoms with E-state index in [9.17, 15) is 0 Å². The molecule has 1 aliphatic heterocycles. The van der Waals surface area contributed by atoms with Gasteiger partial charge in [0.2, 0.25) is 0 Å². The number of rotatable bonds is 5. The van der Waals surface area contributed by atoms with Gasteiger partial charge >= 0.3 is 0 Å². The molecule has 0 unspecified atom stereocenters. The second kappa shape index (κ2) is 13.4. The average Bonchev–Trinajstić information content (AvgIpc) is 3.87. The third kappa shape index (κ3) is 4.94. The van der Waals surface area contributed by atoms with E-state index in [0.717, 1.165) is 72.4 Å². The molecular formula is C59H37NO2. The minimum atomic E-state index is -0.520. The molecule has 0 atom stereocenters. The number of fused-ring (bicyclic) bond motifs is 14. The van der Waals surface area contributed by atoms with Gasteiger partial charge in [0, 0.05) is 44.0 Å². The first-order valence-electron chi connectivity index (χ1n) is 21.2. The van der Waals surface area contributed by atoms with Gasteiger partial charge < -0.3 is 14.1 Å². The maximum atomic E-state index is 6.60. The predicted octanol–water partition coefficient (Wildman–Crippen LogP) is 16.0. The van der Waals surface area contributed by atoms with Crippen molar-refractivity contribution >= 4 is 49.8 Å². The van der Waals surface area contributed by atoms with Crippen LogP contribution in [0.2, 0.25) is 0 Å². The minimum absolute atomic E-state index is 0.520. The van der Waals surface area contributed by atoms with Crippen LogP contribution >= 0.6 is 0 Å². The number of furan rings is 1. The molecule has 10 aromatic carbocycles. The summed E-state index contributed by atoms with van der Waals surface area (Å²) in [4.78, 5) is 2.39. The zero-order valence-corrected chi connectivity index (χ0v) is 33.6. The van der Waals surface area contributed by atoms with Crippen LogP contribution in [-0.4, -0.2) is 0 Å². The first kappa shape index (κ1) is 34.7. The highest BCUT2D eigenvalue weighted by Crippen LogP contribution is 2.63. The van der Waals surface area contributed by atoms with E-state index in [-0.39, 0.29) is 0 Å². The SMILES string of the molecule is c1ccc(-c2cccc(N(c3ccc(-c4cccc5c4-c4ccccc4C54c5ccccc5Oc5ccccc54)cc3)c3cccc4c3ccc3c5ccccc5oc43)c2)cc1. The summed E-state index contributed by atoms with van der Waals surface area (Å²) in [6.07, 6.45) is 0. The van der Waals surface area contributed by atoms with E-state index in [1.54, 1.807) is 0 Å². The molecule has 2 heterocycles. The van der Waals surface area contributed by atoms with Gasteiger partial charge in [-0.3, -0.25) is 0 Å². The van der Waals surface area contributed by atoms with Crippen molar-refractivity contribution in [1.82, 2.24) is 0 Å². The van der Waals surface area contributed by atoms with Crippen LogP contribution in [0.15, 0.2) is 229 Å². The second-order valence-electron chi connectivity index (χ2n) is 16.3. The lowest BCUT2D eigenvalue weighted by molar-refractivity contribution is 0.436. The Morgan fingerprint density at radius 2 is 0.952 bits per heavy atom. The number of ether oxygens (including phenoxy) is 1. The van der Waals surface area contributed by atoms with Gasteiger partial charge in [-0.05, 0) is 99.1 Å². The molecule has 1 spiro atoms. The van der Waals surface area contributed by atoms with E-state index in [1.807, 2.05) is 6.07 Å². The summed E-state index contributed by atoms with van der Waals surface area (Å²) in [5.41, 5.74) is 16.6. The average molecular weight is 792 g/mol. The van der Waals surface area contributed by atoms with Crippen molar-refractivity contribution in [3.63, 3.8) is 0 Å². The zero-order chi connectivity index (χ0) is 40.8. The van der Waals surface area contributed by atoms with Crippen molar-refractivity contribution in [3.05, 3.63) is 247 Å². The maximum Gasteiger partial charge on any atom is 0.143 e. The van der Waals surface area contributed by atoms with Gasteiger partial charge in [-0.15, -0.1) is 0 Å². The summed E-state index contributed by atoms with van der Waals surface area (Å²) < 4.78 is 13.2. The molecule has 13 rings (SSSR count). The molecular weight excluding hydrogens is 755 g/mol. The summed E-state index contributed by atoms with van der Waals surface area (Å²) in [7, 11) is 0. The Bertz CT molecular complexity index is 3520. The number of para-hydroxylation sites is 3. The van der Waals surface area contributed by atoms with Crippen LogP contribution < -0.4 is 9.64 Å². The van der Waals surface area contributed by atoms with Gasteiger partial charge in [0.15, 0.2) is 0 Å². The van der Waals surface area contributed by atoms with E-state index in [1.165, 1.54) is 44.5 Å². The molecule has 0 N–H and O–H groups in total. The molecule has 0 amide bonds. The molecule has 3 nitrogen and oxygen atoms in total. The molecule has 0 bridgehead atoms. The predicted molar refractivity (Wildman–Crippen MR) is 254 cm³/mol. The fourth-order valence-electron chi connectivity index (χ4n) is 10.5. The highest BCUT2D eigenvalue weighted by molar-refractivity contribution is 6.17. The van der Waals surface area contributed by atoms with Crippen LogP contribution in [0.1, 0.15) is 22.3 Å². The topological polar surface area (TPSA) is 25.6 Å². The molecule has 0 fully saturated rings. The van der Waals surface area contributed by atoms with Gasteiger partial charge in [0.25, 0.3) is 0 Å². The maximum absolute atomic E-state index is 6.60. The molecule has 0 saturated heterocycles. The fourth-order valence-corrected chi connectivity index (χ4v) is 10.5. The number of benzene rings is 10. The Morgan fingerprint density at radius 3 is 1.77 bits per heavy atom. The highest BCUT2D eigenvalue weighted by atomic mass is 16.5. The van der Waals surface area contributed by atoms with Crippen molar-refractivity contribution in [2.75, 3.05) is 4.90 Å². The zero-order valence-electron chi connectivity index (χ0n) is 33.6. The quantitative estimate of drug-likeness (QED) is 0.174. The van der Waals surface area contributed by atoms with Crippen LogP contribution in [-0.2, 0) is 5.41 Å². The van der Waals surface area contributed by atoms with Crippen molar-refractivity contribution in [2.45, 2.75) is 5.41 Å². The van der Waals surface area contributed by atoms with E-state index in [2.05, 4.69) is 223 Å². The van der Waals surface area contributed by atoms with Crippen molar-refractivity contribution in [2.24, 2.45) is 0 Å². The molecule has 3 heteroatoms. The van der Waals surface area contributed by atoms with Gasteiger partial charge in [-0.1, -0.05) is 170 Å². The Morgan fingerprint density at radius 1 is 0.355 bits per heavy atom. The smallest absolute Gasteiger partial charge is 0.143 e. The molecule has 2 aliphatic rings. The van der Waals surface area contributed by atoms with Gasteiger partial charge in [0.1, 0.15) is 22.7 Å². The molecule has 62 heavy (non-hydrogen) atoms. The number of hydrogen-bond donors (Lipinski definition) is 0. The Hall–Kier alpha value is -8.14. The fraction of sp³-hybridized carbons (Fsp3) is 0.0169. The normalized spacial score (nSPS) is 13.1. The first-order valence-corrected chi connectivity index (χ1v) is 21.2. The summed E-state index contributed by atoms with van der Waals surface area (Å²) in [5.74, 6) is 1.80. The number of nitrogens with zero attached hydrogens (tertiary/aromatic N) is 1. The Balaban J connectivity index is 0.999. The van der Waals surface area contributed by atoms with Gasteiger partial charge in [-0.2, -0.15) is 0 Å². The summed E-state index contributed by atoms with van der Waals surface area (Å²) >= 11 is 0. The third-order valence-electron chi connectivity index (χ3n) is 13.1. The third-order valence-corrected chi connectivity index (χ3v) is 13.1. The van der Waals surface area contributed by atoms with Gasteiger partial charge in [-0.25, -0.2) is 0 Å². The Kier molecular flexibility index (Phi) is 7.52. The molecule has 0 saturated carbocycles. The molecule has 11 aromatic rings. The minimum Gasteiger partial charge on any atom is -0.457 e. The standard InChI is InChI=1S/C59H37NO2/c1-2-15-38(16-3-1)40-17-12-18-42(37-40)60(53-27-14-22-46-44(53)35-36-47-45-19-5-9-28-54(45)62-58(46)47)41-33-31-39(32-34-41)43-21-13-26-52-57(43)48-20-4-6-23-49(48)59(52)50-24-7-10-29-55(50)61-56-30-11-8-25-51(56)59/h1-37H. The van der Waals surface area contributed by atoms with Crippen LogP contribution in [0.3, 0.4) is 0 Å². The molecule has 1 aromatic heterocycles. The summed E-state index contributed by atoms with van der Waals surface area (Å²) in [5, 5.41) is 4.46. The summed E-state index contributed by atoms with van der Waals surface area (Å²) in [6, 6.07) is 80.8. The van der Waals surface area contributed by atoms with Crippen LogP contribution in [0, 0.1) is 0 Å². The summed E-state index contributed by atoms with van der Waals surface area (Å²) in [6.45, 7) is 0. The van der Waals surface area contributed by atoms with Gasteiger partial charge in [0.05, 0.1) is 11.1 Å². The lowest BCUT2D eigenvalue weighted by atomic mass is 9.66. The monoisotopic (exact) mass is 791 g/mol. The molecule has 1 aliphatic carbocycles. The van der Waals surface area contributed by atoms with E-state index >= 15 is 0 Å². The Labute approximate surface area is 359 Å². The lowest BCUT2D eigenvalue weighted by Crippen LogP contribution is -2.32. The second-order valence-corrected chi connectivity index (χ2v) is 16.3. The lowest BCUT2D eigenvalue weighted by Gasteiger charge is -2.39. The van der Waals surface area contributed by atoms with E-state index in [4.69, 9.17) is 9.15 Å². The number of hydrogen-bond acceptors (Lipinski definition) is 3. The van der Waals surface area contributed by atoms with E-state index in [0.29, 0.717) is 0 Å². The van der Waals surface area contributed by atoms with E-state index < -0.39 is 5.41 Å². The largest absolute Gasteiger partial charge is 0.457 e. The first-order chi connectivity index (χ1) is 30.8. The highest BCUT2D eigenvalue weighted by Gasteiger charge is 2.51. The molecule has 0 radical (unpaired) electrons. The molecule has 290 valence electrons. The van der Waals surface area contributed by atoms with Crippen molar-refractivity contribution < 1.29 is 9.15 Å². The van der Waals surface area contributed by atoms with Crippen LogP contribution in [0.4, 0.5) is 17.1 Å². The van der Waals surface area contributed by atoms with Crippen LogP contribution in [0.5, 0.6) is 11.5 Å². The van der Waals surface area contributed by atoms with Crippen molar-refractivity contribution in [3.8, 4) is 44.9 Å². The van der Waals surface area contributed by atoms with Crippen LogP contribution in [0.25, 0.3) is 66.1 Å².